The molecule has 2 aromatic rings. The number of hydrogen-bond donors (Lipinski definition) is 2. The van der Waals surface area contributed by atoms with E-state index in [1.165, 1.54) is 12.1 Å². The molecule has 7 heteroatoms. The van der Waals surface area contributed by atoms with Crippen LogP contribution in [0.15, 0.2) is 42.5 Å². The summed E-state index contributed by atoms with van der Waals surface area (Å²) in [7, 11) is 0. The van der Waals surface area contributed by atoms with E-state index in [0.717, 1.165) is 12.1 Å². The monoisotopic (exact) mass is 330 g/mol. The van der Waals surface area contributed by atoms with Crippen molar-refractivity contribution in [2.75, 3.05) is 5.32 Å². The Morgan fingerprint density at radius 1 is 1.10 bits per heavy atom. The van der Waals surface area contributed by atoms with Gasteiger partial charge in [0.1, 0.15) is 4.99 Å². The Bertz CT molecular complexity index is 686. The highest BCUT2D eigenvalue weighted by Gasteiger charge is 2.30. The minimum atomic E-state index is -4.38. The van der Waals surface area contributed by atoms with E-state index in [4.69, 9.17) is 29.6 Å². The van der Waals surface area contributed by atoms with Gasteiger partial charge in [0, 0.05) is 16.9 Å². The van der Waals surface area contributed by atoms with Crippen LogP contribution in [-0.4, -0.2) is 4.99 Å². The maximum absolute atomic E-state index is 12.6. The number of alkyl halides is 3. The molecule has 0 bridgehead atoms. The summed E-state index contributed by atoms with van der Waals surface area (Å²) < 4.78 is 37.9. The summed E-state index contributed by atoms with van der Waals surface area (Å²) >= 11 is 10.8. The Morgan fingerprint density at radius 2 is 1.76 bits per heavy atom. The zero-order valence-electron chi connectivity index (χ0n) is 10.5. The molecule has 21 heavy (non-hydrogen) atoms. The van der Waals surface area contributed by atoms with Crippen LogP contribution in [0.25, 0.3) is 0 Å². The number of nitrogens with one attached hydrogen (secondary N) is 1. The van der Waals surface area contributed by atoms with Gasteiger partial charge in [0.15, 0.2) is 0 Å². The van der Waals surface area contributed by atoms with Crippen molar-refractivity contribution in [1.82, 2.24) is 0 Å². The highest BCUT2D eigenvalue weighted by atomic mass is 35.5. The van der Waals surface area contributed by atoms with Gasteiger partial charge in [0.2, 0.25) is 0 Å². The molecule has 0 saturated heterocycles. The SMILES string of the molecule is NC(=S)c1ccc(Nc2cccc(C(F)(F)F)c2)cc1Cl. The van der Waals surface area contributed by atoms with E-state index in [1.54, 1.807) is 18.2 Å². The summed E-state index contributed by atoms with van der Waals surface area (Å²) in [6.07, 6.45) is -4.38. The number of anilines is 2. The second-order valence-electron chi connectivity index (χ2n) is 4.26. The lowest BCUT2D eigenvalue weighted by Gasteiger charge is -2.11. The maximum Gasteiger partial charge on any atom is 0.416 e. The van der Waals surface area contributed by atoms with Gasteiger partial charge >= 0.3 is 6.18 Å². The Hall–Kier alpha value is -1.79. The Morgan fingerprint density at radius 3 is 2.33 bits per heavy atom. The largest absolute Gasteiger partial charge is 0.416 e. The summed E-state index contributed by atoms with van der Waals surface area (Å²) in [5.74, 6) is 0. The molecule has 2 rings (SSSR count). The molecule has 0 aromatic heterocycles. The van der Waals surface area contributed by atoms with Gasteiger partial charge in [-0.15, -0.1) is 0 Å². The van der Waals surface area contributed by atoms with Crippen molar-refractivity contribution in [2.45, 2.75) is 6.18 Å². The first-order valence-corrected chi connectivity index (χ1v) is 6.59. The average Bonchev–Trinajstić information content (AvgIpc) is 2.37. The van der Waals surface area contributed by atoms with E-state index in [9.17, 15) is 13.2 Å². The van der Waals surface area contributed by atoms with E-state index in [1.807, 2.05) is 0 Å². The lowest BCUT2D eigenvalue weighted by atomic mass is 10.1. The molecule has 0 unspecified atom stereocenters. The van der Waals surface area contributed by atoms with E-state index in [2.05, 4.69) is 5.32 Å². The van der Waals surface area contributed by atoms with Gasteiger partial charge in [-0.3, -0.25) is 0 Å². The van der Waals surface area contributed by atoms with Gasteiger partial charge in [-0.1, -0.05) is 29.9 Å². The van der Waals surface area contributed by atoms with Crippen LogP contribution in [0.2, 0.25) is 5.02 Å². The predicted molar refractivity (Wildman–Crippen MR) is 82.1 cm³/mol. The molecule has 110 valence electrons. The molecular weight excluding hydrogens is 321 g/mol. The van der Waals surface area contributed by atoms with E-state index in [0.29, 0.717) is 22.0 Å². The van der Waals surface area contributed by atoms with Crippen LogP contribution in [0.1, 0.15) is 11.1 Å². The number of thiocarbonyl (C=S) groups is 1. The third-order valence-electron chi connectivity index (χ3n) is 2.71. The molecule has 2 nitrogen and oxygen atoms in total. The van der Waals surface area contributed by atoms with Crippen molar-refractivity contribution in [2.24, 2.45) is 5.73 Å². The fourth-order valence-electron chi connectivity index (χ4n) is 1.73. The molecule has 0 fully saturated rings. The molecule has 0 saturated carbocycles. The number of hydrogen-bond acceptors (Lipinski definition) is 2. The molecule has 0 spiro atoms. The van der Waals surface area contributed by atoms with Crippen molar-refractivity contribution >= 4 is 40.2 Å². The van der Waals surface area contributed by atoms with Crippen molar-refractivity contribution in [1.29, 1.82) is 0 Å². The lowest BCUT2D eigenvalue weighted by molar-refractivity contribution is -0.137. The van der Waals surface area contributed by atoms with Gasteiger partial charge in [0.25, 0.3) is 0 Å². The zero-order chi connectivity index (χ0) is 15.6. The third kappa shape index (κ3) is 3.86. The summed E-state index contributed by atoms with van der Waals surface area (Å²) in [5.41, 5.74) is 6.13. The average molecular weight is 331 g/mol. The van der Waals surface area contributed by atoms with Crippen LogP contribution < -0.4 is 11.1 Å². The molecule has 0 radical (unpaired) electrons. The second-order valence-corrected chi connectivity index (χ2v) is 5.11. The minimum Gasteiger partial charge on any atom is -0.389 e. The quantitative estimate of drug-likeness (QED) is 0.798. The first-order chi connectivity index (χ1) is 9.77. The fraction of sp³-hybridized carbons (Fsp3) is 0.0714. The third-order valence-corrected chi connectivity index (χ3v) is 3.25. The highest BCUT2D eigenvalue weighted by molar-refractivity contribution is 7.80. The number of rotatable bonds is 3. The first-order valence-electron chi connectivity index (χ1n) is 5.81. The smallest absolute Gasteiger partial charge is 0.389 e. The number of nitrogens with two attached hydrogens (primary N) is 1. The van der Waals surface area contributed by atoms with Gasteiger partial charge in [-0.05, 0) is 36.4 Å². The van der Waals surface area contributed by atoms with Crippen LogP contribution in [0.5, 0.6) is 0 Å². The normalized spacial score (nSPS) is 11.2. The van der Waals surface area contributed by atoms with Crippen molar-refractivity contribution < 1.29 is 13.2 Å². The molecule has 2 aromatic carbocycles. The molecule has 0 aliphatic rings. The molecule has 0 atom stereocenters. The Kier molecular flexibility index (Phi) is 4.39. The van der Waals surface area contributed by atoms with E-state index in [-0.39, 0.29) is 4.99 Å². The van der Waals surface area contributed by atoms with Crippen molar-refractivity contribution in [3.63, 3.8) is 0 Å². The Labute approximate surface area is 129 Å². The van der Waals surface area contributed by atoms with Gasteiger partial charge in [-0.2, -0.15) is 13.2 Å². The molecule has 0 heterocycles. The van der Waals surface area contributed by atoms with Crippen LogP contribution in [-0.2, 0) is 6.18 Å². The minimum absolute atomic E-state index is 0.158. The standard InChI is InChI=1S/C14H10ClF3N2S/c15-12-7-10(4-5-11(12)13(19)21)20-9-3-1-2-8(6-9)14(16,17)18/h1-7,20H,(H2,19,21). The second kappa shape index (κ2) is 5.91. The fourth-order valence-corrected chi connectivity index (χ4v) is 2.25. The predicted octanol–water partition coefficient (Wildman–Crippen LogP) is 4.74. The number of halogens is 4. The molecule has 3 N–H and O–H groups in total. The van der Waals surface area contributed by atoms with Gasteiger partial charge in [-0.25, -0.2) is 0 Å². The van der Waals surface area contributed by atoms with Gasteiger partial charge in [0.05, 0.1) is 10.6 Å². The van der Waals surface area contributed by atoms with E-state index < -0.39 is 11.7 Å². The Balaban J connectivity index is 2.27. The highest BCUT2D eigenvalue weighted by Crippen LogP contribution is 2.32. The lowest BCUT2D eigenvalue weighted by Crippen LogP contribution is -2.10. The summed E-state index contributed by atoms with van der Waals surface area (Å²) in [5, 5.41) is 3.19. The molecule has 0 aliphatic heterocycles. The summed E-state index contributed by atoms with van der Waals surface area (Å²) in [6.45, 7) is 0. The van der Waals surface area contributed by atoms with Crippen molar-refractivity contribution in [3.05, 3.63) is 58.6 Å². The van der Waals surface area contributed by atoms with Crippen LogP contribution in [0.4, 0.5) is 24.5 Å². The topological polar surface area (TPSA) is 38.0 Å². The van der Waals surface area contributed by atoms with Crippen LogP contribution in [0.3, 0.4) is 0 Å². The zero-order valence-corrected chi connectivity index (χ0v) is 12.1. The van der Waals surface area contributed by atoms with Crippen LogP contribution >= 0.6 is 23.8 Å². The van der Waals surface area contributed by atoms with E-state index >= 15 is 0 Å². The summed E-state index contributed by atoms with van der Waals surface area (Å²) in [6, 6.07) is 9.70. The molecule has 0 amide bonds. The molecular formula is C14H10ClF3N2S. The summed E-state index contributed by atoms with van der Waals surface area (Å²) in [4.78, 5) is 0.158. The van der Waals surface area contributed by atoms with Crippen LogP contribution in [0, 0.1) is 0 Å². The van der Waals surface area contributed by atoms with Gasteiger partial charge < -0.3 is 11.1 Å². The maximum atomic E-state index is 12.6. The molecule has 0 aliphatic carbocycles. The first kappa shape index (κ1) is 15.6. The van der Waals surface area contributed by atoms with Crippen molar-refractivity contribution in [3.8, 4) is 0 Å². The number of benzene rings is 2.